The molecule has 0 saturated heterocycles. The average molecular weight is 1080 g/mol. The highest BCUT2D eigenvalue weighted by atomic mass is 16.5. The second-order valence-corrected chi connectivity index (χ2v) is 24.6. The first kappa shape index (κ1) is 66.6. The summed E-state index contributed by atoms with van der Waals surface area (Å²) in [6, 6.07) is 0. The highest BCUT2D eigenvalue weighted by Gasteiger charge is 2.65. The summed E-state index contributed by atoms with van der Waals surface area (Å²) in [6.45, 7) is 14.8. The fourth-order valence-electron chi connectivity index (χ4n) is 14.0. The Kier molecular flexibility index (Phi) is 30.6. The Morgan fingerprint density at radius 3 is 1.97 bits per heavy atom. The molecule has 0 radical (unpaired) electrons. The molecule has 2 fully saturated rings. The molecular weight excluding hydrogens is 969 g/mol. The maximum Gasteiger partial charge on any atom is 0.305 e. The van der Waals surface area contributed by atoms with Crippen LogP contribution in [0.1, 0.15) is 260 Å². The Bertz CT molecular complexity index is 2110. The van der Waals surface area contributed by atoms with Crippen LogP contribution >= 0.6 is 0 Å². The van der Waals surface area contributed by atoms with E-state index in [1.165, 1.54) is 83.0 Å². The quantitative estimate of drug-likeness (QED) is 0.0206. The molecule has 0 unspecified atom stereocenters. The number of allylic oxidation sites excluding steroid dienone is 15. The van der Waals surface area contributed by atoms with E-state index in [-0.39, 0.29) is 41.7 Å². The molecule has 1 spiro atoms. The van der Waals surface area contributed by atoms with Gasteiger partial charge in [-0.1, -0.05) is 174 Å². The third-order valence-electron chi connectivity index (χ3n) is 18.5. The number of unbranched alkanes of at least 4 members (excludes halogenated alkanes) is 17. The van der Waals surface area contributed by atoms with Crippen molar-refractivity contribution in [3.63, 3.8) is 0 Å². The molecule has 2 N–H and O–H groups in total. The van der Waals surface area contributed by atoms with Gasteiger partial charge in [0.2, 0.25) is 5.78 Å². The van der Waals surface area contributed by atoms with Gasteiger partial charge in [-0.05, 0) is 168 Å². The lowest BCUT2D eigenvalue weighted by Crippen LogP contribution is -2.59. The number of carbonyl (C=O) groups excluding carboxylic acids is 4. The highest BCUT2D eigenvalue weighted by Crippen LogP contribution is 2.65. The molecule has 8 nitrogen and oxygen atoms in total. The van der Waals surface area contributed by atoms with Crippen LogP contribution in [0.15, 0.2) is 94.4 Å². The summed E-state index contributed by atoms with van der Waals surface area (Å²) < 4.78 is 11.5. The lowest BCUT2D eigenvalue weighted by Gasteiger charge is -2.56. The van der Waals surface area contributed by atoms with Gasteiger partial charge in [0.25, 0.3) is 0 Å². The van der Waals surface area contributed by atoms with Crippen LogP contribution in [0.4, 0.5) is 0 Å². The van der Waals surface area contributed by atoms with E-state index >= 15 is 4.79 Å². The predicted octanol–water partition coefficient (Wildman–Crippen LogP) is 17.7. The topological polar surface area (TPSA) is 127 Å². The fourth-order valence-corrected chi connectivity index (χ4v) is 14.0. The van der Waals surface area contributed by atoms with Gasteiger partial charge in [0.15, 0.2) is 11.5 Å². The molecule has 4 aliphatic rings. The van der Waals surface area contributed by atoms with Crippen LogP contribution in [0, 0.1) is 34.5 Å². The zero-order chi connectivity index (χ0) is 56.8. The van der Waals surface area contributed by atoms with Crippen molar-refractivity contribution in [2.45, 2.75) is 272 Å². The molecule has 8 heteroatoms. The summed E-state index contributed by atoms with van der Waals surface area (Å²) in [5, 5.41) is 25.8. The van der Waals surface area contributed by atoms with E-state index in [1.54, 1.807) is 0 Å². The van der Waals surface area contributed by atoms with Crippen LogP contribution in [-0.2, 0) is 28.7 Å². The zero-order valence-electron chi connectivity index (χ0n) is 50.6. The molecule has 438 valence electrons. The van der Waals surface area contributed by atoms with Crippen molar-refractivity contribution < 1.29 is 38.9 Å². The van der Waals surface area contributed by atoms with Crippen molar-refractivity contribution in [2.75, 3.05) is 13.7 Å². The Morgan fingerprint density at radius 1 is 0.744 bits per heavy atom. The molecule has 0 aromatic rings. The number of aldehydes is 1. The molecule has 0 amide bonds. The van der Waals surface area contributed by atoms with E-state index < -0.39 is 34.4 Å². The van der Waals surface area contributed by atoms with Gasteiger partial charge in [0.05, 0.1) is 30.8 Å². The van der Waals surface area contributed by atoms with E-state index in [0.29, 0.717) is 63.4 Å². The van der Waals surface area contributed by atoms with Gasteiger partial charge >= 0.3 is 5.97 Å². The van der Waals surface area contributed by atoms with Gasteiger partial charge in [-0.3, -0.25) is 19.2 Å². The van der Waals surface area contributed by atoms with Crippen molar-refractivity contribution in [1.29, 1.82) is 0 Å². The summed E-state index contributed by atoms with van der Waals surface area (Å²) in [7, 11) is 1.49. The lowest BCUT2D eigenvalue weighted by atomic mass is 9.51. The number of methoxy groups -OCH3 is 1. The summed E-state index contributed by atoms with van der Waals surface area (Å²) in [4.78, 5) is 55.2. The number of aliphatic hydroxyl groups excluding tert-OH is 1. The third-order valence-corrected chi connectivity index (χ3v) is 18.5. The van der Waals surface area contributed by atoms with Crippen LogP contribution in [-0.4, -0.2) is 59.5 Å². The van der Waals surface area contributed by atoms with Crippen LogP contribution in [0.25, 0.3) is 0 Å². The largest absolute Gasteiger partial charge is 0.493 e. The predicted molar refractivity (Wildman–Crippen MR) is 323 cm³/mol. The molecule has 4 aliphatic carbocycles. The number of carbonyl (C=O) groups is 4. The first-order valence-corrected chi connectivity index (χ1v) is 31.7. The van der Waals surface area contributed by atoms with Crippen LogP contribution < -0.4 is 0 Å². The number of aliphatic hydroxyl groups is 2. The smallest absolute Gasteiger partial charge is 0.305 e. The maximum atomic E-state index is 15.1. The lowest BCUT2D eigenvalue weighted by molar-refractivity contribution is -0.168. The van der Waals surface area contributed by atoms with E-state index in [0.717, 1.165) is 113 Å². The van der Waals surface area contributed by atoms with Gasteiger partial charge in [0, 0.05) is 35.7 Å². The number of fused-ring (bicyclic) bond motifs is 1. The second-order valence-electron chi connectivity index (χ2n) is 24.6. The van der Waals surface area contributed by atoms with E-state index in [4.69, 9.17) is 9.47 Å². The van der Waals surface area contributed by atoms with Crippen molar-refractivity contribution in [1.82, 2.24) is 0 Å². The van der Waals surface area contributed by atoms with Crippen molar-refractivity contribution in [3.8, 4) is 0 Å². The van der Waals surface area contributed by atoms with E-state index in [9.17, 15) is 24.6 Å². The summed E-state index contributed by atoms with van der Waals surface area (Å²) in [5.41, 5.74) is 1.75. The Labute approximate surface area is 475 Å². The number of hydrogen-bond donors (Lipinski definition) is 2. The van der Waals surface area contributed by atoms with Gasteiger partial charge in [-0.2, -0.15) is 0 Å². The maximum absolute atomic E-state index is 15.1. The Hall–Kier alpha value is -3.88. The molecule has 4 rings (SSSR count). The van der Waals surface area contributed by atoms with Gasteiger partial charge < -0.3 is 19.7 Å². The summed E-state index contributed by atoms with van der Waals surface area (Å²) in [6.07, 6.45) is 52.8. The van der Waals surface area contributed by atoms with Crippen molar-refractivity contribution in [3.05, 3.63) is 94.4 Å². The number of Topliss-reactive ketones (excluding diaryl/α,β-unsaturated/α-hetero) is 1. The highest BCUT2D eigenvalue weighted by molar-refractivity contribution is 6.12. The minimum absolute atomic E-state index is 0.0945. The monoisotopic (exact) mass is 1080 g/mol. The van der Waals surface area contributed by atoms with Crippen molar-refractivity contribution >= 4 is 23.8 Å². The normalized spacial score (nSPS) is 27.2. The molecule has 0 aliphatic heterocycles. The Morgan fingerprint density at radius 2 is 1.35 bits per heavy atom. The zero-order valence-corrected chi connectivity index (χ0v) is 50.6. The third kappa shape index (κ3) is 19.4. The van der Waals surface area contributed by atoms with E-state index in [2.05, 4.69) is 89.3 Å². The summed E-state index contributed by atoms with van der Waals surface area (Å²) in [5.74, 6) is -1.94. The van der Waals surface area contributed by atoms with Gasteiger partial charge in [0.1, 0.15) is 6.29 Å². The second kappa shape index (κ2) is 35.8. The summed E-state index contributed by atoms with van der Waals surface area (Å²) >= 11 is 0. The van der Waals surface area contributed by atoms with Crippen LogP contribution in [0.5, 0.6) is 0 Å². The van der Waals surface area contributed by atoms with Crippen molar-refractivity contribution in [2.24, 2.45) is 34.5 Å². The number of rotatable bonds is 38. The SMILES string of the molecule is CCCC/C=C\CCCCCCCCC[C@@]12C(=O)C(OC)=CC(=O)[C@@H]1CC([C@@H]1CC[C@]3([C@H](CCCOC(=O)CCCCCCC/C=C\C/C=C\CCCCC)/C(=C(/C)C=O)CC[C@]3(C)O)[C@@H]1O)=C[C@H]2/C=C(\C)CCC=C(C)C. The number of ether oxygens (including phenoxy) is 2. The molecule has 2 saturated carbocycles. The molecule has 0 aromatic heterocycles. The average Bonchev–Trinajstić information content (AvgIpc) is 3.92. The van der Waals surface area contributed by atoms with Gasteiger partial charge in [-0.25, -0.2) is 0 Å². The Balaban J connectivity index is 1.49. The van der Waals surface area contributed by atoms with Crippen LogP contribution in [0.3, 0.4) is 0 Å². The first-order chi connectivity index (χ1) is 37.6. The first-order valence-electron chi connectivity index (χ1n) is 31.7. The molecule has 8 atom stereocenters. The number of ketones is 2. The molecule has 78 heavy (non-hydrogen) atoms. The molecule has 0 bridgehead atoms. The molecular formula is C70H110O8. The minimum Gasteiger partial charge on any atom is -0.493 e. The minimum atomic E-state index is -1.26. The van der Waals surface area contributed by atoms with Crippen LogP contribution in [0.2, 0.25) is 0 Å². The molecule has 0 heterocycles. The number of hydrogen-bond acceptors (Lipinski definition) is 8. The van der Waals surface area contributed by atoms with Gasteiger partial charge in [-0.15, -0.1) is 0 Å². The standard InChI is InChI=1S/C70H110O8/c1-9-11-13-15-17-19-21-23-24-25-27-29-31-33-35-42-65(73)78-48-38-41-61-59(56(6)53-71)43-46-68(7,76)70(61)47-44-60(66(70)74)57-50-58(49-55(5)40-37-39-54(3)4)69(62(51-57)63(72)52-64(77-8)67(69)75)45-36-34-32-30-28-26-22-20-18-16-14-12-10-2/h16-19,23-24,39,49-50,52-53,58,60-62,66,74,76H,9-15,20-22,25-38,40-48,51H2,1-8H3/b18-16-,19-17-,24-23-,55-49+,59-56-/t58-,60+,61-,62+,66-,68+,69+,70+/m1/s1. The van der Waals surface area contributed by atoms with E-state index in [1.807, 2.05) is 13.8 Å². The molecule has 0 aromatic carbocycles. The number of esters is 1. The fraction of sp³-hybridized carbons (Fsp3) is 0.714.